The largest absolute Gasteiger partial charge is 0.383 e. The highest BCUT2D eigenvalue weighted by molar-refractivity contribution is 14.1. The lowest BCUT2D eigenvalue weighted by molar-refractivity contribution is 0.632. The summed E-state index contributed by atoms with van der Waals surface area (Å²) in [5.41, 5.74) is 8.95. The molecule has 106 valence electrons. The van der Waals surface area contributed by atoms with E-state index in [0.717, 1.165) is 26.8 Å². The third-order valence-electron chi connectivity index (χ3n) is 2.98. The predicted octanol–water partition coefficient (Wildman–Crippen LogP) is 4.49. The number of hydrogen-bond acceptors (Lipinski definition) is 3. The van der Waals surface area contributed by atoms with Gasteiger partial charge in [0.1, 0.15) is 5.82 Å². The van der Waals surface area contributed by atoms with Crippen molar-refractivity contribution in [3.05, 3.63) is 38.0 Å². The van der Waals surface area contributed by atoms with Crippen molar-refractivity contribution in [2.45, 2.75) is 27.2 Å². The summed E-state index contributed by atoms with van der Waals surface area (Å²) in [7, 11) is 0. The van der Waals surface area contributed by atoms with Crippen molar-refractivity contribution >= 4 is 40.0 Å². The van der Waals surface area contributed by atoms with Gasteiger partial charge < -0.3 is 5.73 Å². The highest BCUT2D eigenvalue weighted by Crippen LogP contribution is 2.26. The molecule has 0 saturated carbocycles. The molecule has 0 fully saturated rings. The molecule has 0 aliphatic rings. The van der Waals surface area contributed by atoms with Gasteiger partial charge in [-0.25, -0.2) is 9.97 Å². The van der Waals surface area contributed by atoms with Gasteiger partial charge in [-0.1, -0.05) is 37.6 Å². The van der Waals surface area contributed by atoms with E-state index < -0.39 is 0 Å². The van der Waals surface area contributed by atoms with Crippen LogP contribution in [0.3, 0.4) is 0 Å². The molecule has 0 radical (unpaired) electrons. The monoisotopic (exact) mass is 401 g/mol. The normalized spacial score (nSPS) is 11.1. The molecule has 1 heterocycles. The van der Waals surface area contributed by atoms with E-state index in [0.29, 0.717) is 22.6 Å². The van der Waals surface area contributed by atoms with Crippen molar-refractivity contribution in [2.24, 2.45) is 5.92 Å². The summed E-state index contributed by atoms with van der Waals surface area (Å²) >= 11 is 8.38. The number of nitrogens with zero attached hydrogens (tertiary/aromatic N) is 2. The molecular formula is C15H17ClIN3. The number of benzene rings is 1. The molecule has 2 rings (SSSR count). The zero-order chi connectivity index (χ0) is 14.9. The standard InChI is InChI=1S/C15H17ClIN3/c1-8(2)6-12-13(17)14(18)20-15(19-12)10-5-4-9(3)11(16)7-10/h4-5,7-8H,6H2,1-3H3,(H2,18,19,20). The first kappa shape index (κ1) is 15.5. The molecule has 0 bridgehead atoms. The van der Waals surface area contributed by atoms with Gasteiger partial charge in [0.25, 0.3) is 0 Å². The SMILES string of the molecule is Cc1ccc(-c2nc(N)c(I)c(CC(C)C)n2)cc1Cl. The van der Waals surface area contributed by atoms with Gasteiger partial charge in [0.15, 0.2) is 5.82 Å². The van der Waals surface area contributed by atoms with E-state index in [1.165, 1.54) is 0 Å². The molecule has 0 spiro atoms. The van der Waals surface area contributed by atoms with Gasteiger partial charge in [-0.2, -0.15) is 0 Å². The zero-order valence-corrected chi connectivity index (χ0v) is 14.7. The summed E-state index contributed by atoms with van der Waals surface area (Å²) in [4.78, 5) is 9.04. The Hall–Kier alpha value is -0.880. The molecule has 0 atom stereocenters. The van der Waals surface area contributed by atoms with Crippen LogP contribution in [0.15, 0.2) is 18.2 Å². The summed E-state index contributed by atoms with van der Waals surface area (Å²) in [5, 5.41) is 0.716. The van der Waals surface area contributed by atoms with Crippen molar-refractivity contribution in [3.63, 3.8) is 0 Å². The van der Waals surface area contributed by atoms with Crippen molar-refractivity contribution in [3.8, 4) is 11.4 Å². The van der Waals surface area contributed by atoms with Crippen LogP contribution < -0.4 is 5.73 Å². The fourth-order valence-corrected chi connectivity index (χ4v) is 2.54. The number of aromatic nitrogens is 2. The number of nitrogen functional groups attached to an aromatic ring is 1. The molecule has 0 aliphatic heterocycles. The van der Waals surface area contributed by atoms with Crippen molar-refractivity contribution in [1.82, 2.24) is 9.97 Å². The van der Waals surface area contributed by atoms with Crippen LogP contribution in [-0.2, 0) is 6.42 Å². The average Bonchev–Trinajstić information content (AvgIpc) is 2.37. The third-order valence-corrected chi connectivity index (χ3v) is 4.56. The second-order valence-corrected chi connectivity index (χ2v) is 6.74. The number of hydrogen-bond donors (Lipinski definition) is 1. The first-order chi connectivity index (χ1) is 9.38. The zero-order valence-electron chi connectivity index (χ0n) is 11.7. The smallest absolute Gasteiger partial charge is 0.161 e. The molecule has 1 aromatic carbocycles. The first-order valence-corrected chi connectivity index (χ1v) is 7.92. The molecule has 20 heavy (non-hydrogen) atoms. The lowest BCUT2D eigenvalue weighted by atomic mass is 10.1. The number of anilines is 1. The topological polar surface area (TPSA) is 51.8 Å². The van der Waals surface area contributed by atoms with Crippen LogP contribution in [0.25, 0.3) is 11.4 Å². The third kappa shape index (κ3) is 3.41. The lowest BCUT2D eigenvalue weighted by Crippen LogP contribution is -2.07. The van der Waals surface area contributed by atoms with Crippen LogP contribution in [0.1, 0.15) is 25.1 Å². The van der Waals surface area contributed by atoms with E-state index in [1.807, 2.05) is 25.1 Å². The lowest BCUT2D eigenvalue weighted by Gasteiger charge is -2.11. The van der Waals surface area contributed by atoms with E-state index >= 15 is 0 Å². The maximum absolute atomic E-state index is 6.17. The van der Waals surface area contributed by atoms with Crippen molar-refractivity contribution in [2.75, 3.05) is 5.73 Å². The van der Waals surface area contributed by atoms with E-state index in [1.54, 1.807) is 0 Å². The van der Waals surface area contributed by atoms with E-state index in [4.69, 9.17) is 17.3 Å². The predicted molar refractivity (Wildman–Crippen MR) is 92.9 cm³/mol. The van der Waals surface area contributed by atoms with E-state index in [2.05, 4.69) is 46.4 Å². The Labute approximate surface area is 138 Å². The molecule has 5 heteroatoms. The van der Waals surface area contributed by atoms with Crippen LogP contribution in [0.2, 0.25) is 5.02 Å². The first-order valence-electron chi connectivity index (χ1n) is 6.47. The van der Waals surface area contributed by atoms with Crippen LogP contribution in [-0.4, -0.2) is 9.97 Å². The molecule has 0 aliphatic carbocycles. The Balaban J connectivity index is 2.51. The van der Waals surface area contributed by atoms with Gasteiger partial charge in [0, 0.05) is 10.6 Å². The highest BCUT2D eigenvalue weighted by atomic mass is 127. The van der Waals surface area contributed by atoms with Gasteiger partial charge in [-0.3, -0.25) is 0 Å². The Morgan fingerprint density at radius 1 is 1.30 bits per heavy atom. The van der Waals surface area contributed by atoms with Crippen LogP contribution in [0, 0.1) is 16.4 Å². The molecule has 0 saturated heterocycles. The fraction of sp³-hybridized carbons (Fsp3) is 0.333. The number of halogens is 2. The van der Waals surface area contributed by atoms with Crippen molar-refractivity contribution in [1.29, 1.82) is 0 Å². The van der Waals surface area contributed by atoms with Gasteiger partial charge >= 0.3 is 0 Å². The molecule has 0 unspecified atom stereocenters. The van der Waals surface area contributed by atoms with Crippen LogP contribution in [0.5, 0.6) is 0 Å². The second-order valence-electron chi connectivity index (χ2n) is 5.26. The molecular weight excluding hydrogens is 385 g/mol. The summed E-state index contributed by atoms with van der Waals surface area (Å²) in [6.07, 6.45) is 0.886. The molecule has 2 N–H and O–H groups in total. The Bertz CT molecular complexity index is 641. The molecule has 2 aromatic rings. The number of rotatable bonds is 3. The van der Waals surface area contributed by atoms with Gasteiger partial charge in [-0.15, -0.1) is 0 Å². The Morgan fingerprint density at radius 2 is 2.00 bits per heavy atom. The average molecular weight is 402 g/mol. The minimum atomic E-state index is 0.521. The van der Waals surface area contributed by atoms with Gasteiger partial charge in [-0.05, 0) is 53.5 Å². The second kappa shape index (κ2) is 6.26. The highest BCUT2D eigenvalue weighted by Gasteiger charge is 2.13. The maximum Gasteiger partial charge on any atom is 0.161 e. The van der Waals surface area contributed by atoms with Crippen LogP contribution >= 0.6 is 34.2 Å². The van der Waals surface area contributed by atoms with Crippen molar-refractivity contribution < 1.29 is 0 Å². The minimum absolute atomic E-state index is 0.521. The quantitative estimate of drug-likeness (QED) is 0.771. The van der Waals surface area contributed by atoms with E-state index in [-0.39, 0.29) is 0 Å². The Morgan fingerprint density at radius 3 is 2.60 bits per heavy atom. The van der Waals surface area contributed by atoms with Crippen LogP contribution in [0.4, 0.5) is 5.82 Å². The van der Waals surface area contributed by atoms with Gasteiger partial charge in [0.2, 0.25) is 0 Å². The number of aryl methyl sites for hydroxylation is 1. The number of nitrogens with two attached hydrogens (primary N) is 1. The van der Waals surface area contributed by atoms with E-state index in [9.17, 15) is 0 Å². The van der Waals surface area contributed by atoms with Gasteiger partial charge in [0.05, 0.1) is 9.26 Å². The maximum atomic E-state index is 6.17. The summed E-state index contributed by atoms with van der Waals surface area (Å²) < 4.78 is 0.943. The Kier molecular flexibility index (Phi) is 4.86. The summed E-state index contributed by atoms with van der Waals surface area (Å²) in [5.74, 6) is 1.69. The minimum Gasteiger partial charge on any atom is -0.383 e. The molecule has 0 amide bonds. The fourth-order valence-electron chi connectivity index (χ4n) is 1.90. The summed E-state index contributed by atoms with van der Waals surface area (Å²) in [6, 6.07) is 5.83. The summed E-state index contributed by atoms with van der Waals surface area (Å²) in [6.45, 7) is 6.30. The molecule has 3 nitrogen and oxygen atoms in total. The molecule has 1 aromatic heterocycles.